The van der Waals surface area contributed by atoms with Crippen molar-refractivity contribution in [3.05, 3.63) is 131 Å². The number of halogens is 1. The third-order valence-corrected chi connectivity index (χ3v) is 7.04. The summed E-state index contributed by atoms with van der Waals surface area (Å²) in [6.07, 6.45) is 1.83. The van der Waals surface area contributed by atoms with Gasteiger partial charge >= 0.3 is 0 Å². The number of hydrogen-bond donors (Lipinski definition) is 1. The average Bonchev–Trinajstić information content (AvgIpc) is 3.41. The number of rotatable bonds is 10. The van der Waals surface area contributed by atoms with E-state index in [4.69, 9.17) is 4.42 Å². The van der Waals surface area contributed by atoms with Gasteiger partial charge in [0, 0.05) is 44.3 Å². The number of hydrogen-bond acceptors (Lipinski definition) is 4. The first-order chi connectivity index (χ1) is 18.6. The van der Waals surface area contributed by atoms with Crippen molar-refractivity contribution in [2.45, 2.75) is 45.1 Å². The fourth-order valence-corrected chi connectivity index (χ4v) is 5.02. The minimum Gasteiger partial charge on any atom is -0.455 e. The van der Waals surface area contributed by atoms with E-state index in [1.807, 2.05) is 36.4 Å². The molecule has 2 heterocycles. The lowest BCUT2D eigenvalue weighted by Gasteiger charge is -2.32. The minimum absolute atomic E-state index is 0.138. The zero-order valence-corrected chi connectivity index (χ0v) is 21.6. The molecule has 0 aliphatic carbocycles. The minimum atomic E-state index is -0.222. The van der Waals surface area contributed by atoms with Gasteiger partial charge in [0.1, 0.15) is 11.6 Å². The van der Waals surface area contributed by atoms with Gasteiger partial charge in [-0.05, 0) is 42.2 Å². The second-order valence-electron chi connectivity index (χ2n) is 10.00. The Morgan fingerprint density at radius 3 is 2.18 bits per heavy atom. The molecule has 1 N–H and O–H groups in total. The molecule has 3 aromatic carbocycles. The van der Waals surface area contributed by atoms with E-state index in [2.05, 4.69) is 51.5 Å². The summed E-state index contributed by atoms with van der Waals surface area (Å²) in [6.45, 7) is 4.38. The van der Waals surface area contributed by atoms with E-state index in [1.54, 1.807) is 18.2 Å². The highest BCUT2D eigenvalue weighted by molar-refractivity contribution is 5.91. The zero-order valence-electron chi connectivity index (χ0n) is 21.6. The Labute approximate surface area is 223 Å². The number of piperidine rings is 1. The number of nitrogens with zero attached hydrogens (tertiary/aromatic N) is 2. The average molecular weight is 512 g/mol. The van der Waals surface area contributed by atoms with Crippen LogP contribution in [0.3, 0.4) is 0 Å². The first-order valence-corrected chi connectivity index (χ1v) is 13.3. The fourth-order valence-electron chi connectivity index (χ4n) is 5.02. The van der Waals surface area contributed by atoms with Crippen molar-refractivity contribution in [2.75, 3.05) is 13.1 Å². The number of furan rings is 1. The SMILES string of the molecule is O=C(NC1CCN(Cc2ccccc2)CC1)c1ccc(CN(Cc2ccccc2)Cc2ccccc2F)o1. The van der Waals surface area contributed by atoms with Gasteiger partial charge in [0.2, 0.25) is 0 Å². The summed E-state index contributed by atoms with van der Waals surface area (Å²) in [7, 11) is 0. The fraction of sp³-hybridized carbons (Fsp3) is 0.281. The van der Waals surface area contributed by atoms with Crippen LogP contribution in [0, 0.1) is 5.82 Å². The molecule has 5 rings (SSSR count). The Morgan fingerprint density at radius 2 is 1.47 bits per heavy atom. The molecular formula is C32H34FN3O2. The molecule has 4 aromatic rings. The summed E-state index contributed by atoms with van der Waals surface area (Å²) < 4.78 is 20.4. The van der Waals surface area contributed by atoms with Gasteiger partial charge in [-0.3, -0.25) is 14.6 Å². The van der Waals surface area contributed by atoms with Crippen molar-refractivity contribution in [2.24, 2.45) is 0 Å². The molecule has 1 aliphatic heterocycles. The molecule has 38 heavy (non-hydrogen) atoms. The van der Waals surface area contributed by atoms with Crippen molar-refractivity contribution in [3.63, 3.8) is 0 Å². The molecular weight excluding hydrogens is 477 g/mol. The maximum Gasteiger partial charge on any atom is 0.287 e. The number of nitrogens with one attached hydrogen (secondary N) is 1. The molecule has 0 radical (unpaired) electrons. The highest BCUT2D eigenvalue weighted by atomic mass is 19.1. The number of carbonyl (C=O) groups excluding carboxylic acids is 1. The predicted molar refractivity (Wildman–Crippen MR) is 147 cm³/mol. The largest absolute Gasteiger partial charge is 0.455 e. The number of benzene rings is 3. The monoisotopic (exact) mass is 511 g/mol. The molecule has 0 unspecified atom stereocenters. The molecule has 1 aromatic heterocycles. The summed E-state index contributed by atoms with van der Waals surface area (Å²) in [5, 5.41) is 3.15. The summed E-state index contributed by atoms with van der Waals surface area (Å²) >= 11 is 0. The van der Waals surface area contributed by atoms with Crippen molar-refractivity contribution in [3.8, 4) is 0 Å². The van der Waals surface area contributed by atoms with Crippen molar-refractivity contribution < 1.29 is 13.6 Å². The predicted octanol–water partition coefficient (Wildman–Crippen LogP) is 6.02. The molecule has 1 saturated heterocycles. The topological polar surface area (TPSA) is 48.7 Å². The summed E-state index contributed by atoms with van der Waals surface area (Å²) in [6, 6.07) is 31.1. The van der Waals surface area contributed by atoms with Crippen LogP contribution in [-0.2, 0) is 26.2 Å². The molecule has 0 spiro atoms. The second-order valence-corrected chi connectivity index (χ2v) is 10.00. The van der Waals surface area contributed by atoms with Crippen LogP contribution in [0.25, 0.3) is 0 Å². The van der Waals surface area contributed by atoms with Gasteiger partial charge in [-0.1, -0.05) is 78.9 Å². The molecule has 0 saturated carbocycles. The zero-order chi connectivity index (χ0) is 26.2. The van der Waals surface area contributed by atoms with E-state index in [1.165, 1.54) is 11.6 Å². The third-order valence-electron chi connectivity index (χ3n) is 7.04. The van der Waals surface area contributed by atoms with Crippen LogP contribution < -0.4 is 5.32 Å². The maximum absolute atomic E-state index is 14.4. The smallest absolute Gasteiger partial charge is 0.287 e. The van der Waals surface area contributed by atoms with E-state index < -0.39 is 0 Å². The van der Waals surface area contributed by atoms with Crippen LogP contribution in [0.5, 0.6) is 0 Å². The van der Waals surface area contributed by atoms with Crippen LogP contribution in [0.1, 0.15) is 45.8 Å². The number of carbonyl (C=O) groups is 1. The van der Waals surface area contributed by atoms with Gasteiger partial charge in [-0.15, -0.1) is 0 Å². The molecule has 0 bridgehead atoms. The van der Waals surface area contributed by atoms with Crippen LogP contribution in [-0.4, -0.2) is 34.8 Å². The summed E-state index contributed by atoms with van der Waals surface area (Å²) in [5.74, 6) is 0.596. The van der Waals surface area contributed by atoms with E-state index >= 15 is 0 Å². The van der Waals surface area contributed by atoms with Gasteiger partial charge in [-0.25, -0.2) is 4.39 Å². The van der Waals surface area contributed by atoms with Crippen molar-refractivity contribution in [1.29, 1.82) is 0 Å². The van der Waals surface area contributed by atoms with E-state index in [-0.39, 0.29) is 17.8 Å². The van der Waals surface area contributed by atoms with E-state index in [9.17, 15) is 9.18 Å². The lowest BCUT2D eigenvalue weighted by Crippen LogP contribution is -2.44. The maximum atomic E-state index is 14.4. The lowest BCUT2D eigenvalue weighted by atomic mass is 10.0. The van der Waals surface area contributed by atoms with E-state index in [0.717, 1.165) is 38.0 Å². The molecule has 0 atom stereocenters. The van der Waals surface area contributed by atoms with Crippen LogP contribution in [0.2, 0.25) is 0 Å². The standard InChI is InChI=1S/C32H34FN3O2/c33-30-14-8-7-13-27(30)23-36(22-26-11-5-2-6-12-26)24-29-15-16-31(38-29)32(37)34-28-17-19-35(20-18-28)21-25-9-3-1-4-10-25/h1-16,28H,17-24H2,(H,34,37). The summed E-state index contributed by atoms with van der Waals surface area (Å²) in [5.41, 5.74) is 3.08. The van der Waals surface area contributed by atoms with E-state index in [0.29, 0.717) is 36.7 Å². The summed E-state index contributed by atoms with van der Waals surface area (Å²) in [4.78, 5) is 17.5. The van der Waals surface area contributed by atoms with Gasteiger partial charge < -0.3 is 9.73 Å². The molecule has 6 heteroatoms. The Kier molecular flexibility index (Phi) is 8.64. The number of likely N-dealkylation sites (tertiary alicyclic amines) is 1. The van der Waals surface area contributed by atoms with Crippen LogP contribution >= 0.6 is 0 Å². The molecule has 1 fully saturated rings. The van der Waals surface area contributed by atoms with Crippen LogP contribution in [0.15, 0.2) is 101 Å². The first kappa shape index (κ1) is 25.9. The Balaban J connectivity index is 1.17. The molecule has 1 amide bonds. The molecule has 196 valence electrons. The highest BCUT2D eigenvalue weighted by Crippen LogP contribution is 2.19. The molecule has 5 nitrogen and oxygen atoms in total. The lowest BCUT2D eigenvalue weighted by molar-refractivity contribution is 0.0876. The van der Waals surface area contributed by atoms with Gasteiger partial charge in [-0.2, -0.15) is 0 Å². The molecule has 1 aliphatic rings. The van der Waals surface area contributed by atoms with Gasteiger partial charge in [0.15, 0.2) is 5.76 Å². The second kappa shape index (κ2) is 12.7. The Bertz CT molecular complexity index is 1300. The van der Waals surface area contributed by atoms with Crippen molar-refractivity contribution in [1.82, 2.24) is 15.1 Å². The highest BCUT2D eigenvalue weighted by Gasteiger charge is 2.23. The Morgan fingerprint density at radius 1 is 0.816 bits per heavy atom. The van der Waals surface area contributed by atoms with Gasteiger partial charge in [0.05, 0.1) is 6.54 Å². The normalized spacial score (nSPS) is 14.6. The Hall–Kier alpha value is -3.74. The van der Waals surface area contributed by atoms with Crippen molar-refractivity contribution >= 4 is 5.91 Å². The first-order valence-electron chi connectivity index (χ1n) is 13.3. The van der Waals surface area contributed by atoms with Gasteiger partial charge in [0.25, 0.3) is 5.91 Å². The number of amides is 1. The third kappa shape index (κ3) is 7.18. The quantitative estimate of drug-likeness (QED) is 0.283. The van der Waals surface area contributed by atoms with Crippen LogP contribution in [0.4, 0.5) is 4.39 Å².